The second-order valence-corrected chi connectivity index (χ2v) is 8.59. The Hall–Kier alpha value is -4.19. The summed E-state index contributed by atoms with van der Waals surface area (Å²) in [6, 6.07) is 33.9. The van der Waals surface area contributed by atoms with Crippen LogP contribution >= 0.6 is 0 Å². The number of carbonyl (C=O) groups excluding carboxylic acids is 1. The number of amides is 1. The lowest BCUT2D eigenvalue weighted by molar-refractivity contribution is -0.131. The number of nitrogens with zero attached hydrogens (tertiary/aromatic N) is 4. The second kappa shape index (κ2) is 10.8. The van der Waals surface area contributed by atoms with Crippen molar-refractivity contribution in [3.8, 4) is 11.6 Å². The third kappa shape index (κ3) is 5.66. The van der Waals surface area contributed by atoms with Crippen molar-refractivity contribution in [3.63, 3.8) is 0 Å². The van der Waals surface area contributed by atoms with E-state index in [0.29, 0.717) is 25.4 Å². The molecule has 5 rings (SSSR count). The van der Waals surface area contributed by atoms with Crippen molar-refractivity contribution in [1.82, 2.24) is 15.1 Å². The van der Waals surface area contributed by atoms with Crippen LogP contribution in [0.2, 0.25) is 0 Å². The molecular weight excluding hydrogens is 436 g/mol. The highest BCUT2D eigenvalue weighted by molar-refractivity contribution is 5.78. The molecule has 1 saturated heterocycles. The number of rotatable bonds is 7. The number of benzene rings is 3. The minimum atomic E-state index is 0.0472. The molecule has 0 radical (unpaired) electrons. The van der Waals surface area contributed by atoms with Crippen LogP contribution in [0.3, 0.4) is 0 Å². The van der Waals surface area contributed by atoms with Crippen LogP contribution in [-0.2, 0) is 4.79 Å². The molecular formula is C29H28N4O2. The summed E-state index contributed by atoms with van der Waals surface area (Å²) < 4.78 is 5.73. The van der Waals surface area contributed by atoms with Crippen LogP contribution < -0.4 is 9.64 Å². The van der Waals surface area contributed by atoms with Crippen molar-refractivity contribution in [1.29, 1.82) is 0 Å². The van der Waals surface area contributed by atoms with Crippen LogP contribution in [0.5, 0.6) is 11.6 Å². The minimum Gasteiger partial charge on any atom is -0.438 e. The van der Waals surface area contributed by atoms with Gasteiger partial charge >= 0.3 is 0 Å². The first-order valence-electron chi connectivity index (χ1n) is 12.0. The van der Waals surface area contributed by atoms with Gasteiger partial charge in [0.2, 0.25) is 11.8 Å². The van der Waals surface area contributed by atoms with E-state index in [9.17, 15) is 4.79 Å². The van der Waals surface area contributed by atoms with Gasteiger partial charge in [0.05, 0.1) is 0 Å². The van der Waals surface area contributed by atoms with Crippen molar-refractivity contribution in [2.45, 2.75) is 12.3 Å². The lowest BCUT2D eigenvalue weighted by Gasteiger charge is -2.36. The quantitative estimate of drug-likeness (QED) is 0.379. The van der Waals surface area contributed by atoms with Gasteiger partial charge in [-0.3, -0.25) is 4.79 Å². The largest absolute Gasteiger partial charge is 0.438 e. The highest BCUT2D eigenvalue weighted by atomic mass is 16.5. The summed E-state index contributed by atoms with van der Waals surface area (Å²) >= 11 is 0. The van der Waals surface area contributed by atoms with E-state index in [1.54, 1.807) is 0 Å². The van der Waals surface area contributed by atoms with Crippen molar-refractivity contribution >= 4 is 11.7 Å². The average Bonchev–Trinajstić information content (AvgIpc) is 2.94. The van der Waals surface area contributed by atoms with E-state index < -0.39 is 0 Å². The third-order valence-corrected chi connectivity index (χ3v) is 6.33. The molecule has 1 aliphatic heterocycles. The maximum atomic E-state index is 13.3. The minimum absolute atomic E-state index is 0.0472. The molecule has 0 unspecified atom stereocenters. The zero-order valence-electron chi connectivity index (χ0n) is 19.5. The van der Waals surface area contributed by atoms with E-state index in [1.165, 1.54) is 11.1 Å². The van der Waals surface area contributed by atoms with Crippen LogP contribution in [0.15, 0.2) is 103 Å². The summed E-state index contributed by atoms with van der Waals surface area (Å²) in [6.45, 7) is 2.78. The summed E-state index contributed by atoms with van der Waals surface area (Å²) in [4.78, 5) is 17.4. The van der Waals surface area contributed by atoms with Crippen molar-refractivity contribution < 1.29 is 9.53 Å². The van der Waals surface area contributed by atoms with Gasteiger partial charge in [-0.1, -0.05) is 78.9 Å². The molecule has 0 N–H and O–H groups in total. The van der Waals surface area contributed by atoms with E-state index in [4.69, 9.17) is 4.74 Å². The fourth-order valence-corrected chi connectivity index (χ4v) is 4.43. The molecule has 6 nitrogen and oxygen atoms in total. The maximum absolute atomic E-state index is 13.3. The molecule has 35 heavy (non-hydrogen) atoms. The van der Waals surface area contributed by atoms with Gasteiger partial charge in [-0.25, -0.2) is 0 Å². The lowest BCUT2D eigenvalue weighted by atomic mass is 9.88. The fraction of sp³-hybridized carbons (Fsp3) is 0.207. The maximum Gasteiger partial charge on any atom is 0.238 e. The Morgan fingerprint density at radius 3 is 1.83 bits per heavy atom. The number of hydrogen-bond donors (Lipinski definition) is 0. The monoisotopic (exact) mass is 464 g/mol. The highest BCUT2D eigenvalue weighted by Gasteiger charge is 2.26. The number of aromatic nitrogens is 2. The molecule has 6 heteroatoms. The average molecular weight is 465 g/mol. The lowest BCUT2D eigenvalue weighted by Crippen LogP contribution is -2.49. The van der Waals surface area contributed by atoms with Crippen LogP contribution in [0.1, 0.15) is 23.5 Å². The van der Waals surface area contributed by atoms with Crippen molar-refractivity contribution in [3.05, 3.63) is 114 Å². The van der Waals surface area contributed by atoms with E-state index in [2.05, 4.69) is 39.4 Å². The first-order valence-corrected chi connectivity index (χ1v) is 12.0. The highest BCUT2D eigenvalue weighted by Crippen LogP contribution is 2.29. The predicted molar refractivity (Wildman–Crippen MR) is 137 cm³/mol. The molecule has 1 aromatic heterocycles. The first-order chi connectivity index (χ1) is 17.3. The zero-order chi connectivity index (χ0) is 23.9. The van der Waals surface area contributed by atoms with Gasteiger partial charge in [-0.05, 0) is 29.3 Å². The van der Waals surface area contributed by atoms with Gasteiger partial charge < -0.3 is 14.5 Å². The third-order valence-electron chi connectivity index (χ3n) is 6.33. The van der Waals surface area contributed by atoms with Gasteiger partial charge in [-0.2, -0.15) is 0 Å². The van der Waals surface area contributed by atoms with Gasteiger partial charge in [0.25, 0.3) is 0 Å². The van der Waals surface area contributed by atoms with Gasteiger partial charge in [0.15, 0.2) is 5.82 Å². The Balaban J connectivity index is 1.19. The molecule has 4 aromatic rings. The molecule has 0 saturated carbocycles. The van der Waals surface area contributed by atoms with Crippen LogP contribution in [-0.4, -0.2) is 47.2 Å². The summed E-state index contributed by atoms with van der Waals surface area (Å²) in [5.74, 6) is 2.21. The Kier molecular flexibility index (Phi) is 6.99. The van der Waals surface area contributed by atoms with Gasteiger partial charge in [0, 0.05) is 44.6 Å². The molecule has 1 fully saturated rings. The Labute approximate surface area is 205 Å². The standard InChI is InChI=1S/C29H28N4O2/c34-29(22-26(23-10-4-1-5-11-23)24-12-6-2-7-13-24)33-20-18-32(19-21-33)27-16-17-28(31-30-27)35-25-14-8-3-9-15-25/h1-17,26H,18-22H2. The number of ether oxygens (including phenoxy) is 1. The Morgan fingerprint density at radius 1 is 0.714 bits per heavy atom. The number of para-hydroxylation sites is 1. The number of piperazine rings is 1. The first kappa shape index (κ1) is 22.6. The smallest absolute Gasteiger partial charge is 0.238 e. The SMILES string of the molecule is O=C(CC(c1ccccc1)c1ccccc1)N1CCN(c2ccc(Oc3ccccc3)nn2)CC1. The zero-order valence-corrected chi connectivity index (χ0v) is 19.5. The molecule has 0 spiro atoms. The van der Waals surface area contributed by atoms with Crippen molar-refractivity contribution in [2.24, 2.45) is 0 Å². The summed E-state index contributed by atoms with van der Waals surface area (Å²) in [6.07, 6.45) is 0.458. The van der Waals surface area contributed by atoms with E-state index in [1.807, 2.05) is 83.8 Å². The molecule has 3 aromatic carbocycles. The molecule has 0 aliphatic carbocycles. The molecule has 1 aliphatic rings. The van der Waals surface area contributed by atoms with E-state index in [0.717, 1.165) is 24.7 Å². The van der Waals surface area contributed by atoms with E-state index in [-0.39, 0.29) is 11.8 Å². The van der Waals surface area contributed by atoms with Gasteiger partial charge in [-0.15, -0.1) is 10.2 Å². The topological polar surface area (TPSA) is 58.6 Å². The second-order valence-electron chi connectivity index (χ2n) is 8.59. The van der Waals surface area contributed by atoms with Crippen LogP contribution in [0, 0.1) is 0 Å². The van der Waals surface area contributed by atoms with E-state index >= 15 is 0 Å². The normalized spacial score (nSPS) is 13.6. The molecule has 0 bridgehead atoms. The number of hydrogen-bond acceptors (Lipinski definition) is 5. The summed E-state index contributed by atoms with van der Waals surface area (Å²) in [5, 5.41) is 8.56. The summed E-state index contributed by atoms with van der Waals surface area (Å²) in [7, 11) is 0. The van der Waals surface area contributed by atoms with Crippen LogP contribution in [0.4, 0.5) is 5.82 Å². The molecule has 1 amide bonds. The molecule has 0 atom stereocenters. The van der Waals surface area contributed by atoms with Crippen molar-refractivity contribution in [2.75, 3.05) is 31.1 Å². The predicted octanol–water partition coefficient (Wildman–Crippen LogP) is 5.14. The number of anilines is 1. The summed E-state index contributed by atoms with van der Waals surface area (Å²) in [5.41, 5.74) is 2.33. The Morgan fingerprint density at radius 2 is 1.29 bits per heavy atom. The molecule has 176 valence electrons. The van der Waals surface area contributed by atoms with Gasteiger partial charge in [0.1, 0.15) is 5.75 Å². The number of carbonyl (C=O) groups is 1. The van der Waals surface area contributed by atoms with Crippen LogP contribution in [0.25, 0.3) is 0 Å². The fourth-order valence-electron chi connectivity index (χ4n) is 4.43. The Bertz CT molecular complexity index is 1170. The molecule has 2 heterocycles.